The third kappa shape index (κ3) is 4.96. The van der Waals surface area contributed by atoms with E-state index in [9.17, 15) is 9.59 Å². The largest absolute Gasteiger partial charge is 0.329 e. The number of hydrogen-bond donors (Lipinski definition) is 2. The molecule has 0 saturated heterocycles. The van der Waals surface area contributed by atoms with Gasteiger partial charge in [-0.2, -0.15) is 5.10 Å². The minimum atomic E-state index is -0.812. The van der Waals surface area contributed by atoms with Crippen LogP contribution in [0.15, 0.2) is 52.5 Å². The molecule has 0 aliphatic rings. The number of hydrogen-bond acceptors (Lipinski definition) is 4. The molecule has 6 heteroatoms. The average Bonchev–Trinajstić information content (AvgIpc) is 2.58. The normalized spacial score (nSPS) is 10.6. The van der Waals surface area contributed by atoms with E-state index in [4.69, 9.17) is 0 Å². The van der Waals surface area contributed by atoms with Gasteiger partial charge in [0.1, 0.15) is 0 Å². The first-order chi connectivity index (χ1) is 11.5. The van der Waals surface area contributed by atoms with Crippen LogP contribution in [0.25, 0.3) is 0 Å². The topological polar surface area (TPSA) is 70.6 Å². The molecule has 0 aromatic heterocycles. The van der Waals surface area contributed by atoms with E-state index in [0.29, 0.717) is 5.69 Å². The fraction of sp³-hybridized carbons (Fsp3) is 0.167. The van der Waals surface area contributed by atoms with Crippen molar-refractivity contribution in [2.24, 2.45) is 5.10 Å². The van der Waals surface area contributed by atoms with E-state index in [-0.39, 0.29) is 0 Å². The van der Waals surface area contributed by atoms with Gasteiger partial charge < -0.3 is 5.32 Å². The molecule has 0 spiro atoms. The Bertz CT molecular complexity index is 770. The van der Waals surface area contributed by atoms with Gasteiger partial charge in [0.25, 0.3) is 0 Å². The summed E-state index contributed by atoms with van der Waals surface area (Å²) in [7, 11) is 0. The molecule has 2 rings (SSSR count). The quantitative estimate of drug-likeness (QED) is 0.388. The van der Waals surface area contributed by atoms with Gasteiger partial charge in [-0.3, -0.25) is 9.59 Å². The molecule has 0 fully saturated rings. The van der Waals surface area contributed by atoms with Gasteiger partial charge in [0, 0.05) is 10.6 Å². The number of hydrazone groups is 1. The van der Waals surface area contributed by atoms with Crippen molar-refractivity contribution in [2.45, 2.75) is 18.7 Å². The van der Waals surface area contributed by atoms with Crippen LogP contribution in [0.1, 0.15) is 16.7 Å². The molecule has 2 amide bonds. The van der Waals surface area contributed by atoms with Crippen molar-refractivity contribution >= 4 is 35.5 Å². The second-order valence-corrected chi connectivity index (χ2v) is 6.12. The second-order valence-electron chi connectivity index (χ2n) is 5.24. The Kier molecular flexibility index (Phi) is 6.14. The third-order valence-corrected chi connectivity index (χ3v) is 4.09. The van der Waals surface area contributed by atoms with E-state index >= 15 is 0 Å². The monoisotopic (exact) mass is 341 g/mol. The molecule has 0 heterocycles. The van der Waals surface area contributed by atoms with E-state index in [1.807, 2.05) is 62.6 Å². The number of thioether (sulfide) groups is 1. The number of carbonyl (C=O) groups excluding carboxylic acids is 2. The first kappa shape index (κ1) is 17.7. The maximum absolute atomic E-state index is 11.9. The Morgan fingerprint density at radius 1 is 1.04 bits per heavy atom. The predicted molar refractivity (Wildman–Crippen MR) is 98.5 cm³/mol. The second kappa shape index (κ2) is 8.31. The highest BCUT2D eigenvalue weighted by Gasteiger charge is 2.13. The lowest BCUT2D eigenvalue weighted by molar-refractivity contribution is -0.136. The number of nitrogens with zero attached hydrogens (tertiary/aromatic N) is 1. The molecule has 0 unspecified atom stereocenters. The summed E-state index contributed by atoms with van der Waals surface area (Å²) in [6, 6.07) is 13.3. The highest BCUT2D eigenvalue weighted by molar-refractivity contribution is 7.98. The summed E-state index contributed by atoms with van der Waals surface area (Å²) in [5.74, 6) is -1.56. The van der Waals surface area contributed by atoms with Crippen molar-refractivity contribution < 1.29 is 9.59 Å². The van der Waals surface area contributed by atoms with Crippen molar-refractivity contribution in [3.63, 3.8) is 0 Å². The lowest BCUT2D eigenvalue weighted by Crippen LogP contribution is -2.32. The predicted octanol–water partition coefficient (Wildman–Crippen LogP) is 3.11. The molecule has 124 valence electrons. The Labute approximate surface area is 145 Å². The molecule has 5 nitrogen and oxygen atoms in total. The summed E-state index contributed by atoms with van der Waals surface area (Å²) in [4.78, 5) is 24.8. The van der Waals surface area contributed by atoms with Gasteiger partial charge in [-0.05, 0) is 55.0 Å². The smallest absolute Gasteiger partial charge is 0.317 e. The van der Waals surface area contributed by atoms with Crippen LogP contribution in [0, 0.1) is 13.8 Å². The zero-order chi connectivity index (χ0) is 17.5. The van der Waals surface area contributed by atoms with Gasteiger partial charge >= 0.3 is 11.8 Å². The molecule has 0 aliphatic carbocycles. The number of amides is 2. The van der Waals surface area contributed by atoms with Crippen molar-refractivity contribution in [2.75, 3.05) is 11.6 Å². The number of rotatable bonds is 4. The summed E-state index contributed by atoms with van der Waals surface area (Å²) in [5, 5.41) is 6.39. The van der Waals surface area contributed by atoms with Crippen LogP contribution in [0.4, 0.5) is 5.69 Å². The van der Waals surface area contributed by atoms with Gasteiger partial charge in [0.05, 0.1) is 6.21 Å². The van der Waals surface area contributed by atoms with Gasteiger partial charge in [-0.25, -0.2) is 5.43 Å². The zero-order valence-electron chi connectivity index (χ0n) is 13.8. The van der Waals surface area contributed by atoms with Crippen molar-refractivity contribution in [1.29, 1.82) is 0 Å². The Hall–Kier alpha value is -2.60. The van der Waals surface area contributed by atoms with Crippen molar-refractivity contribution in [1.82, 2.24) is 5.43 Å². The maximum atomic E-state index is 11.9. The summed E-state index contributed by atoms with van der Waals surface area (Å²) < 4.78 is 0. The highest BCUT2D eigenvalue weighted by Crippen LogP contribution is 2.16. The average molecular weight is 341 g/mol. The van der Waals surface area contributed by atoms with Gasteiger partial charge in [-0.1, -0.05) is 24.3 Å². The lowest BCUT2D eigenvalue weighted by atomic mass is 10.1. The fourth-order valence-corrected chi connectivity index (χ4v) is 2.36. The number of benzene rings is 2. The van der Waals surface area contributed by atoms with Gasteiger partial charge in [0.15, 0.2) is 0 Å². The first-order valence-electron chi connectivity index (χ1n) is 7.35. The Morgan fingerprint density at radius 3 is 2.42 bits per heavy atom. The standard InChI is InChI=1S/C18H19N3O2S/c1-12-4-5-13(2)16(10-12)20-17(22)18(23)21-19-11-14-6-8-15(24-3)9-7-14/h4-11H,1-3H3,(H,20,22)(H,21,23). The molecule has 0 radical (unpaired) electrons. The number of aryl methyl sites for hydroxylation is 2. The summed E-state index contributed by atoms with van der Waals surface area (Å²) in [5.41, 5.74) is 5.57. The molecule has 0 aliphatic heterocycles. The van der Waals surface area contributed by atoms with E-state index in [1.54, 1.807) is 11.8 Å². The number of carbonyl (C=O) groups is 2. The summed E-state index contributed by atoms with van der Waals surface area (Å²) in [6.45, 7) is 3.78. The van der Waals surface area contributed by atoms with Crippen LogP contribution in [0.3, 0.4) is 0 Å². The Morgan fingerprint density at radius 2 is 1.75 bits per heavy atom. The summed E-state index contributed by atoms with van der Waals surface area (Å²) in [6.07, 6.45) is 3.49. The van der Waals surface area contributed by atoms with Crippen molar-refractivity contribution in [3.05, 3.63) is 59.2 Å². The molecule has 2 aromatic rings. The first-order valence-corrected chi connectivity index (χ1v) is 8.58. The molecule has 0 bridgehead atoms. The molecule has 2 N–H and O–H groups in total. The lowest BCUT2D eigenvalue weighted by Gasteiger charge is -2.08. The molecular weight excluding hydrogens is 322 g/mol. The van der Waals surface area contributed by atoms with Crippen LogP contribution in [0.2, 0.25) is 0 Å². The van der Waals surface area contributed by atoms with Crippen LogP contribution in [0.5, 0.6) is 0 Å². The summed E-state index contributed by atoms with van der Waals surface area (Å²) >= 11 is 1.65. The highest BCUT2D eigenvalue weighted by atomic mass is 32.2. The molecule has 24 heavy (non-hydrogen) atoms. The maximum Gasteiger partial charge on any atom is 0.329 e. The molecule has 0 atom stereocenters. The zero-order valence-corrected chi connectivity index (χ0v) is 14.6. The van der Waals surface area contributed by atoms with E-state index in [0.717, 1.165) is 21.6 Å². The van der Waals surface area contributed by atoms with Crippen LogP contribution in [-0.2, 0) is 9.59 Å². The minimum absolute atomic E-state index is 0.617. The van der Waals surface area contributed by atoms with Crippen LogP contribution < -0.4 is 10.7 Å². The third-order valence-electron chi connectivity index (χ3n) is 3.34. The van der Waals surface area contributed by atoms with E-state index in [1.165, 1.54) is 6.21 Å². The number of nitrogens with one attached hydrogen (secondary N) is 2. The van der Waals surface area contributed by atoms with Gasteiger partial charge in [-0.15, -0.1) is 11.8 Å². The fourth-order valence-electron chi connectivity index (χ4n) is 1.96. The SMILES string of the molecule is CSc1ccc(C=NNC(=O)C(=O)Nc2cc(C)ccc2C)cc1. The number of anilines is 1. The Balaban J connectivity index is 1.92. The van der Waals surface area contributed by atoms with Crippen LogP contribution >= 0.6 is 11.8 Å². The van der Waals surface area contributed by atoms with Crippen molar-refractivity contribution in [3.8, 4) is 0 Å². The van der Waals surface area contributed by atoms with E-state index in [2.05, 4.69) is 15.8 Å². The molecule has 2 aromatic carbocycles. The minimum Gasteiger partial charge on any atom is -0.317 e. The van der Waals surface area contributed by atoms with E-state index < -0.39 is 11.8 Å². The van der Waals surface area contributed by atoms with Gasteiger partial charge in [0.2, 0.25) is 0 Å². The molecular formula is C18H19N3O2S. The molecule has 0 saturated carbocycles. The van der Waals surface area contributed by atoms with Crippen LogP contribution in [-0.4, -0.2) is 24.3 Å².